The molecule has 1 fully saturated rings. The van der Waals surface area contributed by atoms with Crippen molar-refractivity contribution in [1.29, 1.82) is 0 Å². The molecule has 1 heterocycles. The van der Waals surface area contributed by atoms with E-state index in [1.54, 1.807) is 0 Å². The first-order valence-electron chi connectivity index (χ1n) is 6.16. The number of rotatable bonds is 6. The molecule has 15 heavy (non-hydrogen) atoms. The predicted molar refractivity (Wildman–Crippen MR) is 66.2 cm³/mol. The molecule has 1 N–H and O–H groups in total. The van der Waals surface area contributed by atoms with Crippen LogP contribution in [0.25, 0.3) is 0 Å². The molecular weight excluding hydrogens is 186 g/mol. The third-order valence-corrected chi connectivity index (χ3v) is 3.50. The molecule has 3 heteroatoms. The molecule has 0 amide bonds. The molecule has 0 aromatic heterocycles. The van der Waals surface area contributed by atoms with Gasteiger partial charge in [-0.05, 0) is 59.9 Å². The summed E-state index contributed by atoms with van der Waals surface area (Å²) in [5.74, 6) is 0.893. The predicted octanol–water partition coefficient (Wildman–Crippen LogP) is 0.868. The van der Waals surface area contributed by atoms with Crippen molar-refractivity contribution in [3.63, 3.8) is 0 Å². The SMILES string of the molecule is CNC(C)CCN(C)CC1CCN(C)C1. The van der Waals surface area contributed by atoms with Gasteiger partial charge in [-0.3, -0.25) is 0 Å². The highest BCUT2D eigenvalue weighted by Gasteiger charge is 2.20. The van der Waals surface area contributed by atoms with E-state index in [9.17, 15) is 0 Å². The molecule has 2 unspecified atom stereocenters. The van der Waals surface area contributed by atoms with Gasteiger partial charge in [0.15, 0.2) is 0 Å². The van der Waals surface area contributed by atoms with E-state index in [1.807, 2.05) is 7.05 Å². The number of hydrogen-bond donors (Lipinski definition) is 1. The molecule has 3 nitrogen and oxygen atoms in total. The van der Waals surface area contributed by atoms with Crippen LogP contribution in [0.1, 0.15) is 19.8 Å². The number of likely N-dealkylation sites (tertiary alicyclic amines) is 1. The Hall–Kier alpha value is -0.120. The van der Waals surface area contributed by atoms with Crippen LogP contribution in [0.4, 0.5) is 0 Å². The van der Waals surface area contributed by atoms with Crippen molar-refractivity contribution in [2.45, 2.75) is 25.8 Å². The van der Waals surface area contributed by atoms with Crippen molar-refractivity contribution >= 4 is 0 Å². The molecule has 0 aromatic carbocycles. The minimum Gasteiger partial charge on any atom is -0.317 e. The third kappa shape index (κ3) is 4.96. The Labute approximate surface area is 94.8 Å². The molecule has 90 valence electrons. The average molecular weight is 213 g/mol. The molecule has 0 aromatic rings. The summed E-state index contributed by atoms with van der Waals surface area (Å²) in [6.45, 7) is 7.29. The van der Waals surface area contributed by atoms with E-state index in [0.717, 1.165) is 5.92 Å². The molecule has 0 radical (unpaired) electrons. The molecule has 1 rings (SSSR count). The van der Waals surface area contributed by atoms with E-state index in [0.29, 0.717) is 6.04 Å². The van der Waals surface area contributed by atoms with E-state index in [2.05, 4.69) is 36.1 Å². The summed E-state index contributed by atoms with van der Waals surface area (Å²) < 4.78 is 0. The molecular formula is C12H27N3. The first-order chi connectivity index (χ1) is 7.11. The summed E-state index contributed by atoms with van der Waals surface area (Å²) in [7, 11) is 6.51. The van der Waals surface area contributed by atoms with Crippen LogP contribution in [0.5, 0.6) is 0 Å². The number of hydrogen-bond acceptors (Lipinski definition) is 3. The van der Waals surface area contributed by atoms with Gasteiger partial charge < -0.3 is 15.1 Å². The van der Waals surface area contributed by atoms with Gasteiger partial charge in [0.25, 0.3) is 0 Å². The second-order valence-electron chi connectivity index (χ2n) is 5.16. The van der Waals surface area contributed by atoms with Crippen LogP contribution in [-0.4, -0.2) is 63.2 Å². The summed E-state index contributed by atoms with van der Waals surface area (Å²) in [6.07, 6.45) is 2.62. The summed E-state index contributed by atoms with van der Waals surface area (Å²) in [4.78, 5) is 4.92. The molecule has 1 saturated heterocycles. The Bertz CT molecular complexity index is 172. The van der Waals surface area contributed by atoms with E-state index in [4.69, 9.17) is 0 Å². The van der Waals surface area contributed by atoms with Gasteiger partial charge >= 0.3 is 0 Å². The molecule has 2 atom stereocenters. The molecule has 0 aliphatic carbocycles. The lowest BCUT2D eigenvalue weighted by molar-refractivity contribution is 0.263. The largest absolute Gasteiger partial charge is 0.317 e. The standard InChI is InChI=1S/C12H27N3/c1-11(13-2)5-7-14(3)9-12-6-8-15(4)10-12/h11-13H,5-10H2,1-4H3. The molecule has 1 aliphatic heterocycles. The summed E-state index contributed by atoms with van der Waals surface area (Å²) >= 11 is 0. The van der Waals surface area contributed by atoms with E-state index in [1.165, 1.54) is 39.0 Å². The highest BCUT2D eigenvalue weighted by atomic mass is 15.1. The van der Waals surface area contributed by atoms with Crippen LogP contribution >= 0.6 is 0 Å². The molecule has 0 bridgehead atoms. The third-order valence-electron chi connectivity index (χ3n) is 3.50. The Balaban J connectivity index is 2.10. The van der Waals surface area contributed by atoms with Gasteiger partial charge in [-0.2, -0.15) is 0 Å². The van der Waals surface area contributed by atoms with Gasteiger partial charge in [-0.15, -0.1) is 0 Å². The fourth-order valence-electron chi connectivity index (χ4n) is 2.27. The Kier molecular flexibility index (Phi) is 5.58. The van der Waals surface area contributed by atoms with Gasteiger partial charge in [0.1, 0.15) is 0 Å². The zero-order valence-electron chi connectivity index (χ0n) is 10.8. The first kappa shape index (κ1) is 12.9. The van der Waals surface area contributed by atoms with Crippen LogP contribution in [0.15, 0.2) is 0 Å². The summed E-state index contributed by atoms with van der Waals surface area (Å²) in [6, 6.07) is 0.638. The molecule has 0 spiro atoms. The van der Waals surface area contributed by atoms with Crippen LogP contribution in [-0.2, 0) is 0 Å². The highest BCUT2D eigenvalue weighted by molar-refractivity contribution is 4.75. The van der Waals surface area contributed by atoms with Crippen molar-refractivity contribution in [3.8, 4) is 0 Å². The van der Waals surface area contributed by atoms with Gasteiger partial charge in [-0.1, -0.05) is 0 Å². The fourth-order valence-corrected chi connectivity index (χ4v) is 2.27. The lowest BCUT2D eigenvalue weighted by Gasteiger charge is -2.22. The second-order valence-corrected chi connectivity index (χ2v) is 5.16. The maximum atomic E-state index is 3.29. The normalized spacial score (nSPS) is 25.0. The fraction of sp³-hybridized carbons (Fsp3) is 1.00. The number of nitrogens with zero attached hydrogens (tertiary/aromatic N) is 2. The zero-order chi connectivity index (χ0) is 11.3. The number of nitrogens with one attached hydrogen (secondary N) is 1. The highest BCUT2D eigenvalue weighted by Crippen LogP contribution is 2.15. The minimum absolute atomic E-state index is 0.638. The van der Waals surface area contributed by atoms with Crippen molar-refractivity contribution in [1.82, 2.24) is 15.1 Å². The van der Waals surface area contributed by atoms with Crippen LogP contribution in [0.3, 0.4) is 0 Å². The minimum atomic E-state index is 0.638. The lowest BCUT2D eigenvalue weighted by atomic mass is 10.1. The average Bonchev–Trinajstić information content (AvgIpc) is 2.60. The Morgan fingerprint density at radius 1 is 1.53 bits per heavy atom. The van der Waals surface area contributed by atoms with Crippen molar-refractivity contribution < 1.29 is 0 Å². The smallest absolute Gasteiger partial charge is 0.00478 e. The van der Waals surface area contributed by atoms with Crippen LogP contribution in [0, 0.1) is 5.92 Å². The van der Waals surface area contributed by atoms with Gasteiger partial charge in [0.05, 0.1) is 0 Å². The van der Waals surface area contributed by atoms with Crippen LogP contribution in [0.2, 0.25) is 0 Å². The van der Waals surface area contributed by atoms with E-state index < -0.39 is 0 Å². The van der Waals surface area contributed by atoms with E-state index >= 15 is 0 Å². The lowest BCUT2D eigenvalue weighted by Crippen LogP contribution is -2.32. The quantitative estimate of drug-likeness (QED) is 0.706. The topological polar surface area (TPSA) is 18.5 Å². The van der Waals surface area contributed by atoms with Gasteiger partial charge in [0.2, 0.25) is 0 Å². The molecule has 1 aliphatic rings. The maximum Gasteiger partial charge on any atom is 0.00478 e. The summed E-state index contributed by atoms with van der Waals surface area (Å²) in [5.41, 5.74) is 0. The Morgan fingerprint density at radius 2 is 2.27 bits per heavy atom. The van der Waals surface area contributed by atoms with Gasteiger partial charge in [0, 0.05) is 19.1 Å². The second kappa shape index (κ2) is 6.46. The van der Waals surface area contributed by atoms with Crippen molar-refractivity contribution in [3.05, 3.63) is 0 Å². The van der Waals surface area contributed by atoms with Gasteiger partial charge in [-0.25, -0.2) is 0 Å². The first-order valence-corrected chi connectivity index (χ1v) is 6.16. The zero-order valence-corrected chi connectivity index (χ0v) is 10.8. The van der Waals surface area contributed by atoms with E-state index in [-0.39, 0.29) is 0 Å². The molecule has 0 saturated carbocycles. The van der Waals surface area contributed by atoms with Crippen molar-refractivity contribution in [2.24, 2.45) is 5.92 Å². The maximum absolute atomic E-state index is 3.29. The van der Waals surface area contributed by atoms with Crippen LogP contribution < -0.4 is 5.32 Å². The Morgan fingerprint density at radius 3 is 2.80 bits per heavy atom. The van der Waals surface area contributed by atoms with Crippen molar-refractivity contribution in [2.75, 3.05) is 47.3 Å². The monoisotopic (exact) mass is 213 g/mol. The summed E-state index contributed by atoms with van der Waals surface area (Å²) in [5, 5.41) is 3.29.